The van der Waals surface area contributed by atoms with Crippen molar-refractivity contribution in [3.05, 3.63) is 52.0 Å². The van der Waals surface area contributed by atoms with Crippen molar-refractivity contribution < 1.29 is 19.1 Å². The summed E-state index contributed by atoms with van der Waals surface area (Å²) >= 11 is 12.3. The maximum atomic E-state index is 12.2. The van der Waals surface area contributed by atoms with Gasteiger partial charge in [0.2, 0.25) is 11.8 Å². The number of carbonyl (C=O) groups excluding carboxylic acids is 2. The fourth-order valence-electron chi connectivity index (χ4n) is 2.37. The molecule has 8 heteroatoms. The van der Waals surface area contributed by atoms with Gasteiger partial charge >= 0.3 is 0 Å². The molecule has 0 bridgehead atoms. The highest BCUT2D eigenvalue weighted by molar-refractivity contribution is 6.34. The van der Waals surface area contributed by atoms with E-state index >= 15 is 0 Å². The highest BCUT2D eigenvalue weighted by Gasteiger charge is 2.11. The second kappa shape index (κ2) is 10.0. The van der Waals surface area contributed by atoms with Crippen molar-refractivity contribution in [2.75, 3.05) is 24.4 Å². The van der Waals surface area contributed by atoms with E-state index < -0.39 is 5.91 Å². The standard InChI is InChI=1S/C20H20Cl2N2O4/c1-4-28-20-16(22)9-13(10-18(20)27-3)5-8-19(26)24-17-11-14(23-12(2)25)6-7-15(17)21/h5-11H,4H2,1-3H3,(H,23,25)(H,24,26)/b8-5+. The molecular weight excluding hydrogens is 403 g/mol. The highest BCUT2D eigenvalue weighted by Crippen LogP contribution is 2.36. The Bertz CT molecular complexity index is 913. The Kier molecular flexibility index (Phi) is 7.72. The predicted molar refractivity (Wildman–Crippen MR) is 113 cm³/mol. The lowest BCUT2D eigenvalue weighted by molar-refractivity contribution is -0.114. The molecule has 2 rings (SSSR count). The molecular formula is C20H20Cl2N2O4. The Balaban J connectivity index is 2.16. The van der Waals surface area contributed by atoms with Crippen molar-refractivity contribution in [3.63, 3.8) is 0 Å². The van der Waals surface area contributed by atoms with Gasteiger partial charge in [-0.2, -0.15) is 0 Å². The molecule has 6 nitrogen and oxygen atoms in total. The van der Waals surface area contributed by atoms with Gasteiger partial charge < -0.3 is 20.1 Å². The zero-order valence-corrected chi connectivity index (χ0v) is 17.1. The molecule has 28 heavy (non-hydrogen) atoms. The van der Waals surface area contributed by atoms with Crippen molar-refractivity contribution in [2.45, 2.75) is 13.8 Å². The van der Waals surface area contributed by atoms with E-state index in [4.69, 9.17) is 32.7 Å². The first-order valence-electron chi connectivity index (χ1n) is 8.40. The van der Waals surface area contributed by atoms with E-state index in [-0.39, 0.29) is 5.91 Å². The van der Waals surface area contributed by atoms with Crippen LogP contribution in [0.5, 0.6) is 11.5 Å². The summed E-state index contributed by atoms with van der Waals surface area (Å²) < 4.78 is 10.8. The fourth-order valence-corrected chi connectivity index (χ4v) is 2.81. The number of nitrogens with one attached hydrogen (secondary N) is 2. The van der Waals surface area contributed by atoms with Gasteiger partial charge in [-0.1, -0.05) is 23.2 Å². The summed E-state index contributed by atoms with van der Waals surface area (Å²) in [4.78, 5) is 23.4. The minimum absolute atomic E-state index is 0.221. The van der Waals surface area contributed by atoms with Gasteiger partial charge in [-0.25, -0.2) is 0 Å². The molecule has 148 valence electrons. The molecule has 2 amide bonds. The van der Waals surface area contributed by atoms with Crippen molar-refractivity contribution in [2.24, 2.45) is 0 Å². The maximum absolute atomic E-state index is 12.2. The summed E-state index contributed by atoms with van der Waals surface area (Å²) in [5, 5.41) is 6.03. The lowest BCUT2D eigenvalue weighted by Crippen LogP contribution is -2.10. The van der Waals surface area contributed by atoms with Crippen LogP contribution in [0.3, 0.4) is 0 Å². The van der Waals surface area contributed by atoms with E-state index in [0.29, 0.717) is 45.1 Å². The third-order valence-electron chi connectivity index (χ3n) is 3.51. The minimum Gasteiger partial charge on any atom is -0.493 e. The van der Waals surface area contributed by atoms with Gasteiger partial charge in [0.15, 0.2) is 11.5 Å². The average Bonchev–Trinajstić information content (AvgIpc) is 2.64. The summed E-state index contributed by atoms with van der Waals surface area (Å²) in [6.07, 6.45) is 2.93. The van der Waals surface area contributed by atoms with Gasteiger partial charge in [0, 0.05) is 18.7 Å². The van der Waals surface area contributed by atoms with Crippen LogP contribution in [0, 0.1) is 0 Å². The molecule has 0 aliphatic rings. The van der Waals surface area contributed by atoms with Gasteiger partial charge in [-0.15, -0.1) is 0 Å². The Labute approximate surface area is 173 Å². The maximum Gasteiger partial charge on any atom is 0.248 e. The molecule has 0 saturated heterocycles. The highest BCUT2D eigenvalue weighted by atomic mass is 35.5. The monoisotopic (exact) mass is 422 g/mol. The number of methoxy groups -OCH3 is 1. The van der Waals surface area contributed by atoms with Gasteiger partial charge in [0.25, 0.3) is 0 Å². The molecule has 0 aliphatic heterocycles. The first-order chi connectivity index (χ1) is 13.3. The average molecular weight is 423 g/mol. The molecule has 0 aromatic heterocycles. The van der Waals surface area contributed by atoms with Gasteiger partial charge in [-0.05, 0) is 48.9 Å². The molecule has 2 N–H and O–H groups in total. The number of hydrogen-bond acceptors (Lipinski definition) is 4. The fraction of sp³-hybridized carbons (Fsp3) is 0.200. The van der Waals surface area contributed by atoms with Gasteiger partial charge in [0.1, 0.15) is 0 Å². The van der Waals surface area contributed by atoms with Crippen LogP contribution in [0.4, 0.5) is 11.4 Å². The van der Waals surface area contributed by atoms with E-state index in [9.17, 15) is 9.59 Å². The van der Waals surface area contributed by atoms with Crippen LogP contribution in [0.1, 0.15) is 19.4 Å². The molecule has 0 radical (unpaired) electrons. The zero-order chi connectivity index (χ0) is 20.7. The number of carbonyl (C=O) groups is 2. The summed E-state index contributed by atoms with van der Waals surface area (Å²) in [5.74, 6) is 0.307. The predicted octanol–water partition coefficient (Wildman–Crippen LogP) is 5.01. The first-order valence-corrected chi connectivity index (χ1v) is 9.16. The number of benzene rings is 2. The van der Waals surface area contributed by atoms with Crippen LogP contribution in [0.2, 0.25) is 10.0 Å². The van der Waals surface area contributed by atoms with Crippen LogP contribution in [-0.2, 0) is 9.59 Å². The largest absolute Gasteiger partial charge is 0.493 e. The van der Waals surface area contributed by atoms with E-state index in [1.807, 2.05) is 6.92 Å². The summed E-state index contributed by atoms with van der Waals surface area (Å²) in [7, 11) is 1.51. The number of anilines is 2. The van der Waals surface area contributed by atoms with Crippen molar-refractivity contribution in [1.29, 1.82) is 0 Å². The molecule has 0 atom stereocenters. The Morgan fingerprint density at radius 3 is 2.50 bits per heavy atom. The lowest BCUT2D eigenvalue weighted by atomic mass is 10.2. The molecule has 0 spiro atoms. The Morgan fingerprint density at radius 2 is 1.86 bits per heavy atom. The zero-order valence-electron chi connectivity index (χ0n) is 15.6. The number of halogens is 2. The smallest absolute Gasteiger partial charge is 0.248 e. The van der Waals surface area contributed by atoms with Crippen molar-refractivity contribution >= 4 is 52.5 Å². The second-order valence-corrected chi connectivity index (χ2v) is 6.48. The normalized spacial score (nSPS) is 10.6. The van der Waals surface area contributed by atoms with Gasteiger partial charge in [-0.3, -0.25) is 9.59 Å². The quantitative estimate of drug-likeness (QED) is 0.614. The number of ether oxygens (including phenoxy) is 2. The molecule has 0 saturated carbocycles. The molecule has 0 unspecified atom stereocenters. The van der Waals surface area contributed by atoms with Crippen LogP contribution in [0.25, 0.3) is 6.08 Å². The van der Waals surface area contributed by atoms with E-state index in [2.05, 4.69) is 10.6 Å². The lowest BCUT2D eigenvalue weighted by Gasteiger charge is -2.12. The molecule has 2 aromatic rings. The van der Waals surface area contributed by atoms with Crippen LogP contribution in [0.15, 0.2) is 36.4 Å². The van der Waals surface area contributed by atoms with E-state index in [1.165, 1.54) is 20.1 Å². The summed E-state index contributed by atoms with van der Waals surface area (Å²) in [6, 6.07) is 8.19. The summed E-state index contributed by atoms with van der Waals surface area (Å²) in [6.45, 7) is 3.69. The molecule has 0 heterocycles. The van der Waals surface area contributed by atoms with E-state index in [1.54, 1.807) is 36.4 Å². The van der Waals surface area contributed by atoms with Crippen LogP contribution >= 0.6 is 23.2 Å². The first kappa shape index (κ1) is 21.6. The van der Waals surface area contributed by atoms with Gasteiger partial charge in [0.05, 0.1) is 29.4 Å². The molecule has 0 aliphatic carbocycles. The summed E-state index contributed by atoms with van der Waals surface area (Å²) in [5.41, 5.74) is 1.57. The SMILES string of the molecule is CCOc1c(Cl)cc(/C=C/C(=O)Nc2cc(NC(C)=O)ccc2Cl)cc1OC. The van der Waals surface area contributed by atoms with Crippen molar-refractivity contribution in [1.82, 2.24) is 0 Å². The molecule has 0 fully saturated rings. The van der Waals surface area contributed by atoms with Crippen molar-refractivity contribution in [3.8, 4) is 11.5 Å². The molecule has 2 aromatic carbocycles. The second-order valence-electron chi connectivity index (χ2n) is 5.67. The third kappa shape index (κ3) is 5.90. The van der Waals surface area contributed by atoms with Crippen LogP contribution < -0.4 is 20.1 Å². The Morgan fingerprint density at radius 1 is 1.11 bits per heavy atom. The number of amides is 2. The topological polar surface area (TPSA) is 76.7 Å². The Hall–Kier alpha value is -2.70. The van der Waals surface area contributed by atoms with E-state index in [0.717, 1.165) is 0 Å². The minimum atomic E-state index is -0.397. The number of rotatable bonds is 7. The third-order valence-corrected chi connectivity index (χ3v) is 4.12. The number of hydrogen-bond donors (Lipinski definition) is 2. The van der Waals surface area contributed by atoms with Crippen LogP contribution in [-0.4, -0.2) is 25.5 Å².